The molecule has 2 amide bonds. The highest BCUT2D eigenvalue weighted by atomic mass is 16.5. The van der Waals surface area contributed by atoms with E-state index in [1.807, 2.05) is 72.8 Å². The summed E-state index contributed by atoms with van der Waals surface area (Å²) in [6.45, 7) is 2.72. The zero-order valence-electron chi connectivity index (χ0n) is 18.9. The summed E-state index contributed by atoms with van der Waals surface area (Å²) in [7, 11) is 1.65. The number of methoxy groups -OCH3 is 1. The normalized spacial score (nSPS) is 15.3. The second-order valence-electron chi connectivity index (χ2n) is 8.11. The van der Waals surface area contributed by atoms with E-state index < -0.39 is 6.10 Å². The van der Waals surface area contributed by atoms with E-state index in [1.165, 1.54) is 0 Å². The molecule has 1 N–H and O–H groups in total. The van der Waals surface area contributed by atoms with Crippen molar-refractivity contribution in [2.75, 3.05) is 19.0 Å². The van der Waals surface area contributed by atoms with Crippen LogP contribution in [0, 0.1) is 0 Å². The van der Waals surface area contributed by atoms with Gasteiger partial charge in [-0.05, 0) is 48.7 Å². The molecule has 170 valence electrons. The fourth-order valence-corrected chi connectivity index (χ4v) is 4.02. The molecule has 1 atom stereocenters. The first kappa shape index (κ1) is 22.4. The SMILES string of the molecule is COc1ccccc1CCN1Cc2cc(NC(=O)Cc3ccccc3)ccc2O[C@H](C)C1=O. The second kappa shape index (κ2) is 10.2. The maximum atomic E-state index is 13.0. The van der Waals surface area contributed by atoms with Crippen LogP contribution in [0.1, 0.15) is 23.6 Å². The second-order valence-corrected chi connectivity index (χ2v) is 8.11. The molecule has 0 fully saturated rings. The van der Waals surface area contributed by atoms with Crippen molar-refractivity contribution >= 4 is 17.5 Å². The van der Waals surface area contributed by atoms with Gasteiger partial charge in [0.25, 0.3) is 5.91 Å². The first-order valence-electron chi connectivity index (χ1n) is 11.1. The Morgan fingerprint density at radius 3 is 2.64 bits per heavy atom. The monoisotopic (exact) mass is 444 g/mol. The number of amides is 2. The average Bonchev–Trinajstić information content (AvgIpc) is 2.94. The van der Waals surface area contributed by atoms with Gasteiger partial charge in [0.15, 0.2) is 6.10 Å². The van der Waals surface area contributed by atoms with Crippen LogP contribution >= 0.6 is 0 Å². The molecule has 0 saturated heterocycles. The minimum atomic E-state index is -0.581. The Hall–Kier alpha value is -3.80. The van der Waals surface area contributed by atoms with Gasteiger partial charge in [-0.3, -0.25) is 9.59 Å². The van der Waals surface area contributed by atoms with Crippen molar-refractivity contribution in [3.63, 3.8) is 0 Å². The Labute approximate surface area is 194 Å². The Bertz CT molecular complexity index is 1130. The van der Waals surface area contributed by atoms with Gasteiger partial charge >= 0.3 is 0 Å². The number of anilines is 1. The number of para-hydroxylation sites is 1. The number of hydrogen-bond acceptors (Lipinski definition) is 4. The van der Waals surface area contributed by atoms with Gasteiger partial charge in [0, 0.05) is 24.3 Å². The van der Waals surface area contributed by atoms with E-state index in [-0.39, 0.29) is 11.8 Å². The van der Waals surface area contributed by atoms with Crippen LogP contribution in [0.4, 0.5) is 5.69 Å². The van der Waals surface area contributed by atoms with Crippen LogP contribution in [0.15, 0.2) is 72.8 Å². The molecule has 3 aromatic rings. The van der Waals surface area contributed by atoms with E-state index in [9.17, 15) is 9.59 Å². The summed E-state index contributed by atoms with van der Waals surface area (Å²) in [4.78, 5) is 27.2. The van der Waals surface area contributed by atoms with Crippen molar-refractivity contribution in [3.05, 3.63) is 89.5 Å². The lowest BCUT2D eigenvalue weighted by molar-refractivity contribution is -0.137. The molecule has 0 bridgehead atoms. The van der Waals surface area contributed by atoms with Crippen molar-refractivity contribution < 1.29 is 19.1 Å². The lowest BCUT2D eigenvalue weighted by atomic mass is 10.1. The van der Waals surface area contributed by atoms with Crippen LogP contribution < -0.4 is 14.8 Å². The van der Waals surface area contributed by atoms with E-state index in [1.54, 1.807) is 18.9 Å². The van der Waals surface area contributed by atoms with Crippen molar-refractivity contribution in [2.45, 2.75) is 32.4 Å². The number of carbonyl (C=O) groups excluding carboxylic acids is 2. The maximum absolute atomic E-state index is 13.0. The first-order valence-corrected chi connectivity index (χ1v) is 11.1. The molecule has 0 aliphatic carbocycles. The van der Waals surface area contributed by atoms with Gasteiger partial charge in [-0.2, -0.15) is 0 Å². The van der Waals surface area contributed by atoms with Crippen molar-refractivity contribution in [1.29, 1.82) is 0 Å². The summed E-state index contributed by atoms with van der Waals surface area (Å²) in [5, 5.41) is 2.96. The molecule has 33 heavy (non-hydrogen) atoms. The van der Waals surface area contributed by atoms with Crippen LogP contribution in [-0.2, 0) is 29.0 Å². The molecular weight excluding hydrogens is 416 g/mol. The van der Waals surface area contributed by atoms with Crippen LogP contribution in [-0.4, -0.2) is 36.5 Å². The average molecular weight is 445 g/mol. The molecule has 1 heterocycles. The van der Waals surface area contributed by atoms with Crippen molar-refractivity contribution in [1.82, 2.24) is 4.90 Å². The van der Waals surface area contributed by atoms with Gasteiger partial charge < -0.3 is 19.7 Å². The fourth-order valence-electron chi connectivity index (χ4n) is 4.02. The summed E-state index contributed by atoms with van der Waals surface area (Å²) in [5.41, 5.74) is 3.55. The van der Waals surface area contributed by atoms with E-state index in [0.717, 1.165) is 22.4 Å². The topological polar surface area (TPSA) is 67.9 Å². The minimum Gasteiger partial charge on any atom is -0.496 e. The highest BCUT2D eigenvalue weighted by molar-refractivity contribution is 5.92. The van der Waals surface area contributed by atoms with E-state index in [0.29, 0.717) is 37.4 Å². The third kappa shape index (κ3) is 5.52. The summed E-state index contributed by atoms with van der Waals surface area (Å²) in [6, 6.07) is 23.0. The minimum absolute atomic E-state index is 0.0595. The third-order valence-corrected chi connectivity index (χ3v) is 5.72. The summed E-state index contributed by atoms with van der Waals surface area (Å²) >= 11 is 0. The van der Waals surface area contributed by atoms with Gasteiger partial charge in [0.2, 0.25) is 5.91 Å². The lowest BCUT2D eigenvalue weighted by Gasteiger charge is -2.22. The van der Waals surface area contributed by atoms with E-state index >= 15 is 0 Å². The highest BCUT2D eigenvalue weighted by Gasteiger charge is 2.28. The standard InChI is InChI=1S/C27H28N2O4/c1-19-27(31)29(15-14-21-10-6-7-11-24(21)32-2)18-22-17-23(12-13-25(22)33-19)28-26(30)16-20-8-4-3-5-9-20/h3-13,17,19H,14-16,18H2,1-2H3,(H,28,30)/t19-/m1/s1. The number of fused-ring (bicyclic) bond motifs is 1. The molecule has 0 unspecified atom stereocenters. The number of nitrogens with zero attached hydrogens (tertiary/aromatic N) is 1. The number of hydrogen-bond donors (Lipinski definition) is 1. The Kier molecular flexibility index (Phi) is 6.93. The number of nitrogens with one attached hydrogen (secondary N) is 1. The molecule has 0 radical (unpaired) electrons. The Balaban J connectivity index is 1.48. The molecule has 1 aliphatic heterocycles. The van der Waals surface area contributed by atoms with Gasteiger partial charge in [0.05, 0.1) is 13.5 Å². The van der Waals surface area contributed by atoms with Gasteiger partial charge in [0.1, 0.15) is 11.5 Å². The van der Waals surface area contributed by atoms with E-state index in [2.05, 4.69) is 5.32 Å². The van der Waals surface area contributed by atoms with Gasteiger partial charge in [-0.25, -0.2) is 0 Å². The largest absolute Gasteiger partial charge is 0.496 e. The number of rotatable bonds is 7. The molecule has 0 aromatic heterocycles. The number of carbonyl (C=O) groups is 2. The quantitative estimate of drug-likeness (QED) is 0.592. The zero-order chi connectivity index (χ0) is 23.2. The number of benzene rings is 3. The van der Waals surface area contributed by atoms with E-state index in [4.69, 9.17) is 9.47 Å². The predicted octanol–water partition coefficient (Wildman–Crippen LogP) is 4.23. The molecular formula is C27H28N2O4. The zero-order valence-corrected chi connectivity index (χ0v) is 18.9. The Morgan fingerprint density at radius 1 is 1.09 bits per heavy atom. The summed E-state index contributed by atoms with van der Waals surface area (Å²) < 4.78 is 11.4. The van der Waals surface area contributed by atoms with Gasteiger partial charge in [-0.15, -0.1) is 0 Å². The van der Waals surface area contributed by atoms with Crippen LogP contribution in [0.2, 0.25) is 0 Å². The molecule has 0 spiro atoms. The smallest absolute Gasteiger partial charge is 0.263 e. The molecule has 6 heteroatoms. The van der Waals surface area contributed by atoms with Crippen LogP contribution in [0.3, 0.4) is 0 Å². The lowest BCUT2D eigenvalue weighted by Crippen LogP contribution is -2.39. The van der Waals surface area contributed by atoms with Crippen LogP contribution in [0.25, 0.3) is 0 Å². The summed E-state index contributed by atoms with van der Waals surface area (Å²) in [5.74, 6) is 1.33. The first-order chi connectivity index (χ1) is 16.0. The third-order valence-electron chi connectivity index (χ3n) is 5.72. The molecule has 1 aliphatic rings. The van der Waals surface area contributed by atoms with Gasteiger partial charge in [-0.1, -0.05) is 48.5 Å². The molecule has 6 nitrogen and oxygen atoms in total. The maximum Gasteiger partial charge on any atom is 0.263 e. The molecule has 4 rings (SSSR count). The van der Waals surface area contributed by atoms with Crippen LogP contribution in [0.5, 0.6) is 11.5 Å². The molecule has 3 aromatic carbocycles. The predicted molar refractivity (Wildman–Crippen MR) is 127 cm³/mol. The fraction of sp³-hybridized carbons (Fsp3) is 0.259. The molecule has 0 saturated carbocycles. The van der Waals surface area contributed by atoms with Crippen molar-refractivity contribution in [3.8, 4) is 11.5 Å². The number of ether oxygens (including phenoxy) is 2. The Morgan fingerprint density at radius 2 is 1.85 bits per heavy atom. The highest BCUT2D eigenvalue weighted by Crippen LogP contribution is 2.29. The van der Waals surface area contributed by atoms with Crippen molar-refractivity contribution in [2.24, 2.45) is 0 Å². The summed E-state index contributed by atoms with van der Waals surface area (Å²) in [6.07, 6.45) is 0.391.